The molecule has 0 saturated heterocycles. The number of hydrogen-bond donors (Lipinski definition) is 1. The first-order valence-electron chi connectivity index (χ1n) is 6.40. The van der Waals surface area contributed by atoms with E-state index in [4.69, 9.17) is 0 Å². The quantitative estimate of drug-likeness (QED) is 0.795. The fourth-order valence-electron chi connectivity index (χ4n) is 2.66. The molecule has 0 aromatic heterocycles. The van der Waals surface area contributed by atoms with E-state index in [1.165, 1.54) is 29.7 Å². The van der Waals surface area contributed by atoms with Gasteiger partial charge in [-0.1, -0.05) is 24.3 Å². The summed E-state index contributed by atoms with van der Waals surface area (Å²) >= 11 is 2.07. The van der Waals surface area contributed by atoms with Gasteiger partial charge in [-0.3, -0.25) is 0 Å². The Bertz CT molecular complexity index is 624. The van der Waals surface area contributed by atoms with Crippen LogP contribution in [0.2, 0.25) is 0 Å². The van der Waals surface area contributed by atoms with Gasteiger partial charge in [0.2, 0.25) is 0 Å². The molecule has 2 aromatic rings. The molecule has 3 heteroatoms. The van der Waals surface area contributed by atoms with Gasteiger partial charge < -0.3 is 5.11 Å². The number of fused-ring (bicyclic) bond motifs is 1. The topological polar surface area (TPSA) is 20.2 Å². The Morgan fingerprint density at radius 1 is 1.05 bits per heavy atom. The molecule has 0 fully saturated rings. The summed E-state index contributed by atoms with van der Waals surface area (Å²) in [5, 5.41) is 10.5. The van der Waals surface area contributed by atoms with Crippen LogP contribution in [0.5, 0.6) is 0 Å². The van der Waals surface area contributed by atoms with E-state index < -0.39 is 6.10 Å². The number of aryl methyl sites for hydroxylation is 2. The Hall–Kier alpha value is -0.940. The average molecular weight is 368 g/mol. The van der Waals surface area contributed by atoms with Gasteiger partial charge in [0.25, 0.3) is 0 Å². The van der Waals surface area contributed by atoms with Gasteiger partial charge in [-0.2, -0.15) is 0 Å². The van der Waals surface area contributed by atoms with E-state index in [2.05, 4.69) is 34.7 Å². The lowest BCUT2D eigenvalue weighted by molar-refractivity contribution is 0.219. The van der Waals surface area contributed by atoms with Crippen LogP contribution in [0.15, 0.2) is 36.4 Å². The predicted molar refractivity (Wildman–Crippen MR) is 81.6 cm³/mol. The predicted octanol–water partition coefficient (Wildman–Crippen LogP) is 4.00. The Morgan fingerprint density at radius 2 is 1.84 bits per heavy atom. The van der Waals surface area contributed by atoms with Gasteiger partial charge in [0.15, 0.2) is 0 Å². The lowest BCUT2D eigenvalue weighted by Crippen LogP contribution is -2.03. The summed E-state index contributed by atoms with van der Waals surface area (Å²) in [5.41, 5.74) is 4.39. The first kappa shape index (κ1) is 13.1. The minimum atomic E-state index is -0.682. The van der Waals surface area contributed by atoms with Crippen molar-refractivity contribution in [2.75, 3.05) is 0 Å². The van der Waals surface area contributed by atoms with Crippen LogP contribution < -0.4 is 0 Å². The highest BCUT2D eigenvalue weighted by molar-refractivity contribution is 14.1. The van der Waals surface area contributed by atoms with Crippen LogP contribution in [0.3, 0.4) is 0 Å². The molecule has 1 aliphatic carbocycles. The monoisotopic (exact) mass is 368 g/mol. The van der Waals surface area contributed by atoms with Crippen LogP contribution >= 0.6 is 22.6 Å². The lowest BCUT2D eigenvalue weighted by Gasteiger charge is -2.14. The summed E-state index contributed by atoms with van der Waals surface area (Å²) < 4.78 is 13.9. The van der Waals surface area contributed by atoms with E-state index in [0.29, 0.717) is 0 Å². The molecule has 0 radical (unpaired) electrons. The van der Waals surface area contributed by atoms with E-state index in [1.807, 2.05) is 6.07 Å². The first-order valence-corrected chi connectivity index (χ1v) is 7.48. The number of aliphatic hydroxyl groups is 1. The average Bonchev–Trinajstić information content (AvgIpc) is 2.85. The van der Waals surface area contributed by atoms with Gasteiger partial charge in [-0.05, 0) is 76.2 Å². The summed E-state index contributed by atoms with van der Waals surface area (Å²) in [5.74, 6) is -0.269. The zero-order chi connectivity index (χ0) is 13.4. The van der Waals surface area contributed by atoms with E-state index >= 15 is 0 Å². The molecule has 19 heavy (non-hydrogen) atoms. The number of benzene rings is 2. The maximum atomic E-state index is 13.1. The molecule has 98 valence electrons. The van der Waals surface area contributed by atoms with Gasteiger partial charge in [0, 0.05) is 3.57 Å². The van der Waals surface area contributed by atoms with E-state index in [9.17, 15) is 9.50 Å². The fraction of sp³-hybridized carbons (Fsp3) is 0.250. The highest BCUT2D eigenvalue weighted by atomic mass is 127. The summed E-state index contributed by atoms with van der Waals surface area (Å²) in [4.78, 5) is 0. The molecule has 1 unspecified atom stereocenters. The van der Waals surface area contributed by atoms with Crippen LogP contribution in [0.4, 0.5) is 4.39 Å². The minimum absolute atomic E-state index is 0.269. The van der Waals surface area contributed by atoms with Gasteiger partial charge in [-0.15, -0.1) is 0 Å². The van der Waals surface area contributed by atoms with Crippen molar-refractivity contribution in [3.8, 4) is 0 Å². The molecule has 0 saturated carbocycles. The highest BCUT2D eigenvalue weighted by Gasteiger charge is 2.17. The normalized spacial score (nSPS) is 15.3. The molecule has 1 atom stereocenters. The maximum Gasteiger partial charge on any atom is 0.124 e. The molecule has 0 amide bonds. The number of aliphatic hydroxyl groups excluding tert-OH is 1. The molecule has 0 bridgehead atoms. The van der Waals surface area contributed by atoms with Crippen molar-refractivity contribution in [2.24, 2.45) is 0 Å². The van der Waals surface area contributed by atoms with Crippen LogP contribution in [0.1, 0.15) is 34.8 Å². The second-order valence-electron chi connectivity index (χ2n) is 4.95. The molecular formula is C16H14FIO. The minimum Gasteiger partial charge on any atom is -0.384 e. The van der Waals surface area contributed by atoms with Gasteiger partial charge in [0.05, 0.1) is 0 Å². The Kier molecular flexibility index (Phi) is 3.58. The molecule has 1 N–H and O–H groups in total. The van der Waals surface area contributed by atoms with Gasteiger partial charge >= 0.3 is 0 Å². The Morgan fingerprint density at radius 3 is 2.63 bits per heavy atom. The molecule has 0 aliphatic heterocycles. The van der Waals surface area contributed by atoms with Crippen molar-refractivity contribution in [3.63, 3.8) is 0 Å². The number of halogens is 2. The molecule has 0 heterocycles. The van der Waals surface area contributed by atoms with Crippen LogP contribution in [-0.4, -0.2) is 5.11 Å². The van der Waals surface area contributed by atoms with Gasteiger partial charge in [-0.25, -0.2) is 4.39 Å². The van der Waals surface area contributed by atoms with Crippen molar-refractivity contribution < 1.29 is 9.50 Å². The Labute approximate surface area is 125 Å². The third-order valence-corrected chi connectivity index (χ3v) is 4.63. The van der Waals surface area contributed by atoms with Crippen LogP contribution in [-0.2, 0) is 12.8 Å². The fourth-order valence-corrected chi connectivity index (χ4v) is 3.44. The summed E-state index contributed by atoms with van der Waals surface area (Å²) in [6.45, 7) is 0. The molecule has 2 aromatic carbocycles. The number of rotatable bonds is 2. The van der Waals surface area contributed by atoms with E-state index in [0.717, 1.165) is 27.5 Å². The lowest BCUT2D eigenvalue weighted by atomic mass is 9.98. The third kappa shape index (κ3) is 2.54. The van der Waals surface area contributed by atoms with Crippen molar-refractivity contribution in [1.29, 1.82) is 0 Å². The summed E-state index contributed by atoms with van der Waals surface area (Å²) in [6, 6.07) is 10.7. The molecule has 1 nitrogen and oxygen atoms in total. The number of hydrogen-bond acceptors (Lipinski definition) is 1. The zero-order valence-corrected chi connectivity index (χ0v) is 12.5. The smallest absolute Gasteiger partial charge is 0.124 e. The van der Waals surface area contributed by atoms with Crippen molar-refractivity contribution in [3.05, 3.63) is 68.0 Å². The van der Waals surface area contributed by atoms with Gasteiger partial charge in [0.1, 0.15) is 11.9 Å². The Balaban J connectivity index is 1.97. The molecule has 0 spiro atoms. The van der Waals surface area contributed by atoms with E-state index in [1.54, 1.807) is 6.07 Å². The SMILES string of the molecule is OC(c1ccc2c(c1)CCC2)c1ccc(F)cc1I. The second-order valence-corrected chi connectivity index (χ2v) is 6.11. The summed E-state index contributed by atoms with van der Waals surface area (Å²) in [6.07, 6.45) is 2.75. The van der Waals surface area contributed by atoms with Crippen LogP contribution in [0.25, 0.3) is 0 Å². The molecular weight excluding hydrogens is 354 g/mol. The van der Waals surface area contributed by atoms with Crippen molar-refractivity contribution >= 4 is 22.6 Å². The van der Waals surface area contributed by atoms with Crippen LogP contribution in [0, 0.1) is 9.39 Å². The third-order valence-electron chi connectivity index (χ3n) is 3.70. The standard InChI is InChI=1S/C16H14FIO/c17-13-6-7-14(15(18)9-13)16(19)12-5-4-10-2-1-3-11(10)8-12/h4-9,16,19H,1-3H2. The molecule has 1 aliphatic rings. The summed E-state index contributed by atoms with van der Waals surface area (Å²) in [7, 11) is 0. The largest absolute Gasteiger partial charge is 0.384 e. The van der Waals surface area contributed by atoms with E-state index in [-0.39, 0.29) is 5.82 Å². The zero-order valence-electron chi connectivity index (χ0n) is 10.4. The van der Waals surface area contributed by atoms with Crippen molar-refractivity contribution in [2.45, 2.75) is 25.4 Å². The van der Waals surface area contributed by atoms with Crippen molar-refractivity contribution in [1.82, 2.24) is 0 Å². The highest BCUT2D eigenvalue weighted by Crippen LogP contribution is 2.30. The maximum absolute atomic E-state index is 13.1. The molecule has 3 rings (SSSR count). The second kappa shape index (κ2) is 5.21. The first-order chi connectivity index (χ1) is 9.15.